The Morgan fingerprint density at radius 2 is 2.14 bits per heavy atom. The molecule has 2 rings (SSSR count). The number of guanidine groups is 1. The maximum Gasteiger partial charge on any atom is 0.193 e. The van der Waals surface area contributed by atoms with Crippen LogP contribution in [0.1, 0.15) is 16.1 Å². The lowest BCUT2D eigenvalue weighted by Crippen LogP contribution is -2.38. The third-order valence-corrected chi connectivity index (χ3v) is 4.90. The van der Waals surface area contributed by atoms with Crippen LogP contribution in [-0.4, -0.2) is 29.9 Å². The summed E-state index contributed by atoms with van der Waals surface area (Å²) in [4.78, 5) is 11.8. The number of hydrogen-bond acceptors (Lipinski definition) is 3. The fourth-order valence-electron chi connectivity index (χ4n) is 2.03. The predicted octanol–water partition coefficient (Wildman–Crippen LogP) is 3.97. The summed E-state index contributed by atoms with van der Waals surface area (Å²) in [6.07, 6.45) is 0. The molecule has 0 spiro atoms. The molecular weight excluding hydrogens is 339 g/mol. The topological polar surface area (TPSA) is 40.5 Å². The summed E-state index contributed by atoms with van der Waals surface area (Å²) >= 11 is 13.6. The SMILES string of the molecule is CN=C(NCc1scnc1C)N(C)Cc1ccc(Cl)c(Cl)c1. The molecule has 0 radical (unpaired) electrons. The lowest BCUT2D eigenvalue weighted by molar-refractivity contribution is 0.477. The Labute approximate surface area is 144 Å². The highest BCUT2D eigenvalue weighted by Gasteiger charge is 2.09. The van der Waals surface area contributed by atoms with E-state index >= 15 is 0 Å². The highest BCUT2D eigenvalue weighted by molar-refractivity contribution is 7.09. The first-order valence-electron chi connectivity index (χ1n) is 6.76. The van der Waals surface area contributed by atoms with E-state index in [0.29, 0.717) is 16.6 Å². The van der Waals surface area contributed by atoms with Crippen molar-refractivity contribution >= 4 is 40.5 Å². The van der Waals surface area contributed by atoms with Gasteiger partial charge in [-0.2, -0.15) is 0 Å². The van der Waals surface area contributed by atoms with E-state index < -0.39 is 0 Å². The Morgan fingerprint density at radius 1 is 1.36 bits per heavy atom. The molecule has 1 N–H and O–H groups in total. The fraction of sp³-hybridized carbons (Fsp3) is 0.333. The van der Waals surface area contributed by atoms with Crippen LogP contribution < -0.4 is 5.32 Å². The van der Waals surface area contributed by atoms with Crippen LogP contribution in [0.5, 0.6) is 0 Å². The Kier molecular flexibility index (Phi) is 6.06. The van der Waals surface area contributed by atoms with Gasteiger partial charge in [0.05, 0.1) is 27.8 Å². The zero-order chi connectivity index (χ0) is 16.1. The van der Waals surface area contributed by atoms with Gasteiger partial charge in [0.1, 0.15) is 0 Å². The van der Waals surface area contributed by atoms with Gasteiger partial charge in [-0.3, -0.25) is 4.99 Å². The van der Waals surface area contributed by atoms with E-state index in [4.69, 9.17) is 23.2 Å². The smallest absolute Gasteiger partial charge is 0.193 e. The van der Waals surface area contributed by atoms with Gasteiger partial charge in [0, 0.05) is 25.5 Å². The number of aryl methyl sites for hydroxylation is 1. The van der Waals surface area contributed by atoms with Crippen LogP contribution in [0.3, 0.4) is 0 Å². The number of thiazole rings is 1. The summed E-state index contributed by atoms with van der Waals surface area (Å²) in [5, 5.41) is 4.48. The molecule has 0 fully saturated rings. The molecule has 0 aliphatic carbocycles. The second-order valence-electron chi connectivity index (χ2n) is 4.87. The first kappa shape index (κ1) is 17.1. The predicted molar refractivity (Wildman–Crippen MR) is 95.0 cm³/mol. The van der Waals surface area contributed by atoms with E-state index in [2.05, 4.69) is 15.3 Å². The van der Waals surface area contributed by atoms with Crippen molar-refractivity contribution in [3.63, 3.8) is 0 Å². The molecule has 0 unspecified atom stereocenters. The number of halogens is 2. The zero-order valence-corrected chi connectivity index (χ0v) is 15.1. The van der Waals surface area contributed by atoms with Crippen molar-refractivity contribution in [2.75, 3.05) is 14.1 Å². The van der Waals surface area contributed by atoms with Gasteiger partial charge in [-0.05, 0) is 24.6 Å². The molecule has 2 aromatic rings. The summed E-state index contributed by atoms with van der Waals surface area (Å²) in [6, 6.07) is 5.65. The van der Waals surface area contributed by atoms with Gasteiger partial charge in [-0.25, -0.2) is 4.98 Å². The maximum atomic E-state index is 6.05. The quantitative estimate of drug-likeness (QED) is 0.665. The molecule has 118 valence electrons. The molecule has 0 amide bonds. The van der Waals surface area contributed by atoms with Gasteiger partial charge in [0.25, 0.3) is 0 Å². The summed E-state index contributed by atoms with van der Waals surface area (Å²) in [7, 11) is 3.75. The molecule has 0 aliphatic rings. The number of hydrogen-bond donors (Lipinski definition) is 1. The van der Waals surface area contributed by atoms with E-state index in [-0.39, 0.29) is 0 Å². The Hall–Kier alpha value is -1.30. The monoisotopic (exact) mass is 356 g/mol. The number of aromatic nitrogens is 1. The minimum Gasteiger partial charge on any atom is -0.351 e. The lowest BCUT2D eigenvalue weighted by atomic mass is 10.2. The number of benzene rings is 1. The van der Waals surface area contributed by atoms with Gasteiger partial charge in [-0.15, -0.1) is 11.3 Å². The van der Waals surface area contributed by atoms with E-state index in [1.807, 2.05) is 42.6 Å². The summed E-state index contributed by atoms with van der Waals surface area (Å²) in [5.74, 6) is 0.818. The Balaban J connectivity index is 1.98. The summed E-state index contributed by atoms with van der Waals surface area (Å²) < 4.78 is 0. The molecule has 0 saturated carbocycles. The van der Waals surface area contributed by atoms with Crippen molar-refractivity contribution in [3.05, 3.63) is 49.9 Å². The van der Waals surface area contributed by atoms with Crippen molar-refractivity contribution in [2.24, 2.45) is 4.99 Å². The molecule has 0 saturated heterocycles. The van der Waals surface area contributed by atoms with Gasteiger partial charge < -0.3 is 10.2 Å². The first-order valence-corrected chi connectivity index (χ1v) is 8.39. The summed E-state index contributed by atoms with van der Waals surface area (Å²) in [5.41, 5.74) is 3.99. The molecule has 1 heterocycles. The largest absolute Gasteiger partial charge is 0.351 e. The zero-order valence-electron chi connectivity index (χ0n) is 12.7. The first-order chi connectivity index (χ1) is 10.5. The minimum atomic E-state index is 0.566. The van der Waals surface area contributed by atoms with Crippen LogP contribution in [-0.2, 0) is 13.1 Å². The second-order valence-corrected chi connectivity index (χ2v) is 6.62. The van der Waals surface area contributed by atoms with Gasteiger partial charge in [0.15, 0.2) is 5.96 Å². The molecule has 0 atom stereocenters. The second kappa shape index (κ2) is 7.81. The van der Waals surface area contributed by atoms with E-state index in [1.165, 1.54) is 4.88 Å². The molecule has 0 bridgehead atoms. The average Bonchev–Trinajstić information content (AvgIpc) is 2.89. The van der Waals surface area contributed by atoms with Crippen molar-refractivity contribution in [1.29, 1.82) is 0 Å². The van der Waals surface area contributed by atoms with Crippen LogP contribution >= 0.6 is 34.5 Å². The third kappa shape index (κ3) is 4.35. The molecular formula is C15H18Cl2N4S. The third-order valence-electron chi connectivity index (χ3n) is 3.23. The van der Waals surface area contributed by atoms with E-state index in [1.54, 1.807) is 18.4 Å². The number of nitrogens with zero attached hydrogens (tertiary/aromatic N) is 3. The molecule has 22 heavy (non-hydrogen) atoms. The van der Waals surface area contributed by atoms with Gasteiger partial charge in [-0.1, -0.05) is 29.3 Å². The van der Waals surface area contributed by atoms with E-state index in [9.17, 15) is 0 Å². The maximum absolute atomic E-state index is 6.05. The standard InChI is InChI=1S/C15H18Cl2N4S/c1-10-14(22-9-20-10)7-19-15(18-2)21(3)8-11-4-5-12(16)13(17)6-11/h4-6,9H,7-8H2,1-3H3,(H,18,19). The average molecular weight is 357 g/mol. The molecule has 1 aromatic carbocycles. The number of rotatable bonds is 4. The van der Waals surface area contributed by atoms with Crippen molar-refractivity contribution in [1.82, 2.24) is 15.2 Å². The molecule has 7 heteroatoms. The van der Waals surface area contributed by atoms with Gasteiger partial charge in [0.2, 0.25) is 0 Å². The van der Waals surface area contributed by atoms with Crippen LogP contribution in [0.2, 0.25) is 10.0 Å². The van der Waals surface area contributed by atoms with E-state index in [0.717, 1.165) is 23.8 Å². The van der Waals surface area contributed by atoms with Gasteiger partial charge >= 0.3 is 0 Å². The molecule has 1 aromatic heterocycles. The molecule has 4 nitrogen and oxygen atoms in total. The van der Waals surface area contributed by atoms with Crippen molar-refractivity contribution in [3.8, 4) is 0 Å². The molecule has 0 aliphatic heterocycles. The van der Waals surface area contributed by atoms with Crippen LogP contribution in [0, 0.1) is 6.92 Å². The van der Waals surface area contributed by atoms with Crippen LogP contribution in [0.4, 0.5) is 0 Å². The minimum absolute atomic E-state index is 0.566. The van der Waals surface area contributed by atoms with Crippen molar-refractivity contribution < 1.29 is 0 Å². The lowest BCUT2D eigenvalue weighted by Gasteiger charge is -2.22. The number of aliphatic imine (C=N–C) groups is 1. The van der Waals surface area contributed by atoms with Crippen LogP contribution in [0.15, 0.2) is 28.7 Å². The fourth-order valence-corrected chi connectivity index (χ4v) is 3.06. The van der Waals surface area contributed by atoms with Crippen molar-refractivity contribution in [2.45, 2.75) is 20.0 Å². The Morgan fingerprint density at radius 3 is 2.73 bits per heavy atom. The van der Waals surface area contributed by atoms with Crippen LogP contribution in [0.25, 0.3) is 0 Å². The highest BCUT2D eigenvalue weighted by atomic mass is 35.5. The normalized spacial score (nSPS) is 11.6. The Bertz CT molecular complexity index is 669. The summed E-state index contributed by atoms with van der Waals surface area (Å²) in [6.45, 7) is 3.42. The highest BCUT2D eigenvalue weighted by Crippen LogP contribution is 2.23. The number of nitrogens with one attached hydrogen (secondary N) is 1.